The molecule has 1 aliphatic rings. The first kappa shape index (κ1) is 18.5. The molecule has 0 fully saturated rings. The first-order valence-electron chi connectivity index (χ1n) is 8.08. The fourth-order valence-corrected chi connectivity index (χ4v) is 3.60. The van der Waals surface area contributed by atoms with Crippen molar-refractivity contribution in [1.82, 2.24) is 4.72 Å². The number of hydrogen-bond acceptors (Lipinski definition) is 5. The highest BCUT2D eigenvalue weighted by Crippen LogP contribution is 2.33. The third-order valence-electron chi connectivity index (χ3n) is 3.64. The lowest BCUT2D eigenvalue weighted by Gasteiger charge is -2.24. The number of ether oxygens (including phenoxy) is 2. The van der Waals surface area contributed by atoms with Crippen LogP contribution in [0.1, 0.15) is 26.7 Å². The molecule has 0 atom stereocenters. The molecule has 134 valence electrons. The van der Waals surface area contributed by atoms with Crippen molar-refractivity contribution in [3.05, 3.63) is 18.2 Å². The Bertz CT molecular complexity index is 675. The van der Waals surface area contributed by atoms with Gasteiger partial charge in [0.2, 0.25) is 15.9 Å². The number of rotatable bonds is 8. The van der Waals surface area contributed by atoms with Crippen LogP contribution in [-0.4, -0.2) is 46.4 Å². The Labute approximate surface area is 143 Å². The topological polar surface area (TPSA) is 84.9 Å². The number of carbonyl (C=O) groups is 1. The van der Waals surface area contributed by atoms with Gasteiger partial charge in [-0.25, -0.2) is 13.1 Å². The minimum atomic E-state index is -3.29. The van der Waals surface area contributed by atoms with E-state index in [9.17, 15) is 13.2 Å². The van der Waals surface area contributed by atoms with Crippen LogP contribution in [0.2, 0.25) is 0 Å². The monoisotopic (exact) mass is 356 g/mol. The summed E-state index contributed by atoms with van der Waals surface area (Å²) in [6.45, 7) is 4.77. The highest BCUT2D eigenvalue weighted by molar-refractivity contribution is 7.89. The molecule has 0 aliphatic carbocycles. The zero-order chi connectivity index (χ0) is 17.6. The molecule has 1 aliphatic heterocycles. The van der Waals surface area contributed by atoms with E-state index in [0.29, 0.717) is 36.8 Å². The van der Waals surface area contributed by atoms with Crippen molar-refractivity contribution < 1.29 is 22.7 Å². The molecule has 8 heteroatoms. The van der Waals surface area contributed by atoms with E-state index >= 15 is 0 Å². The van der Waals surface area contributed by atoms with Crippen LogP contribution in [0.3, 0.4) is 0 Å². The van der Waals surface area contributed by atoms with Crippen molar-refractivity contribution in [2.75, 3.05) is 37.0 Å². The molecule has 0 saturated carbocycles. The number of carbonyl (C=O) groups excluding carboxylic acids is 1. The normalized spacial score (nSPS) is 13.6. The van der Waals surface area contributed by atoms with Crippen LogP contribution < -0.4 is 19.1 Å². The van der Waals surface area contributed by atoms with E-state index in [4.69, 9.17) is 9.47 Å². The smallest absolute Gasteiger partial charge is 0.223 e. The second kappa shape index (κ2) is 8.34. The molecule has 1 heterocycles. The number of unbranched alkanes of at least 4 members (excludes halogenated alkanes) is 1. The second-order valence-electron chi connectivity index (χ2n) is 5.57. The first-order chi connectivity index (χ1) is 11.4. The molecule has 1 amide bonds. The highest BCUT2D eigenvalue weighted by Gasteiger charge is 2.18. The minimum absolute atomic E-state index is 0.105. The van der Waals surface area contributed by atoms with Crippen LogP contribution in [0.4, 0.5) is 5.69 Å². The molecule has 1 N–H and O–H groups in total. The molecular weight excluding hydrogens is 332 g/mol. The average molecular weight is 356 g/mol. The summed E-state index contributed by atoms with van der Waals surface area (Å²) in [6, 6.07) is 5.26. The van der Waals surface area contributed by atoms with Gasteiger partial charge in [0.05, 0.1) is 5.75 Å². The molecule has 0 unspecified atom stereocenters. The Hall–Kier alpha value is -1.80. The molecule has 0 aromatic heterocycles. The lowest BCUT2D eigenvalue weighted by atomic mass is 10.2. The molecule has 2 rings (SSSR count). The third-order valence-corrected chi connectivity index (χ3v) is 5.11. The van der Waals surface area contributed by atoms with Crippen LogP contribution in [0.5, 0.6) is 11.5 Å². The number of amides is 1. The summed E-state index contributed by atoms with van der Waals surface area (Å²) in [6.07, 6.45) is 1.44. The fourth-order valence-electron chi connectivity index (χ4n) is 2.39. The average Bonchev–Trinajstić information content (AvgIpc) is 2.56. The van der Waals surface area contributed by atoms with Crippen LogP contribution in [0, 0.1) is 0 Å². The Kier molecular flexibility index (Phi) is 6.44. The van der Waals surface area contributed by atoms with Crippen molar-refractivity contribution in [2.24, 2.45) is 0 Å². The van der Waals surface area contributed by atoms with E-state index < -0.39 is 10.0 Å². The van der Waals surface area contributed by atoms with Crippen molar-refractivity contribution >= 4 is 21.6 Å². The third kappa shape index (κ3) is 5.10. The molecule has 24 heavy (non-hydrogen) atoms. The number of benzene rings is 1. The lowest BCUT2D eigenvalue weighted by molar-refractivity contribution is -0.116. The van der Waals surface area contributed by atoms with E-state index in [1.807, 2.05) is 6.92 Å². The minimum Gasteiger partial charge on any atom is -0.486 e. The van der Waals surface area contributed by atoms with E-state index in [-0.39, 0.29) is 24.7 Å². The Balaban J connectivity index is 2.01. The van der Waals surface area contributed by atoms with Gasteiger partial charge in [0.1, 0.15) is 13.2 Å². The van der Waals surface area contributed by atoms with E-state index in [2.05, 4.69) is 4.72 Å². The summed E-state index contributed by atoms with van der Waals surface area (Å²) in [5.41, 5.74) is 0.652. The van der Waals surface area contributed by atoms with Crippen LogP contribution in [-0.2, 0) is 14.8 Å². The predicted molar refractivity (Wildman–Crippen MR) is 92.2 cm³/mol. The highest BCUT2D eigenvalue weighted by atomic mass is 32.2. The summed E-state index contributed by atoms with van der Waals surface area (Å²) in [5, 5.41) is 0. The molecule has 1 aromatic rings. The van der Waals surface area contributed by atoms with Crippen molar-refractivity contribution in [1.29, 1.82) is 0 Å². The zero-order valence-corrected chi connectivity index (χ0v) is 14.9. The van der Waals surface area contributed by atoms with Gasteiger partial charge < -0.3 is 14.4 Å². The SMILES string of the molecule is CCCCS(=O)(=O)NCCN(C(C)=O)c1ccc2c(c1)OCCO2. The lowest BCUT2D eigenvalue weighted by Crippen LogP contribution is -2.38. The van der Waals surface area contributed by atoms with Gasteiger partial charge >= 0.3 is 0 Å². The summed E-state index contributed by atoms with van der Waals surface area (Å²) < 4.78 is 37.2. The van der Waals surface area contributed by atoms with Crippen molar-refractivity contribution in [3.63, 3.8) is 0 Å². The zero-order valence-electron chi connectivity index (χ0n) is 14.1. The van der Waals surface area contributed by atoms with Gasteiger partial charge in [-0.1, -0.05) is 13.3 Å². The molecule has 0 saturated heterocycles. The maximum Gasteiger partial charge on any atom is 0.223 e. The first-order valence-corrected chi connectivity index (χ1v) is 9.73. The predicted octanol–water partition coefficient (Wildman–Crippen LogP) is 1.53. The van der Waals surface area contributed by atoms with Crippen LogP contribution in [0.15, 0.2) is 18.2 Å². The maximum absolute atomic E-state index is 11.9. The van der Waals surface area contributed by atoms with Gasteiger partial charge in [-0.3, -0.25) is 4.79 Å². The number of fused-ring (bicyclic) bond motifs is 1. The number of nitrogens with zero attached hydrogens (tertiary/aromatic N) is 1. The number of hydrogen-bond donors (Lipinski definition) is 1. The molecule has 0 radical (unpaired) electrons. The van der Waals surface area contributed by atoms with Gasteiger partial charge in [-0.2, -0.15) is 0 Å². The number of sulfonamides is 1. The molecule has 0 bridgehead atoms. The maximum atomic E-state index is 11.9. The van der Waals surface area contributed by atoms with E-state index in [1.54, 1.807) is 18.2 Å². The van der Waals surface area contributed by atoms with Gasteiger partial charge in [0.25, 0.3) is 0 Å². The van der Waals surface area contributed by atoms with Crippen LogP contribution in [0.25, 0.3) is 0 Å². The molecule has 7 nitrogen and oxygen atoms in total. The van der Waals surface area contributed by atoms with Gasteiger partial charge in [-0.05, 0) is 18.6 Å². The molecule has 0 spiro atoms. The quantitative estimate of drug-likeness (QED) is 0.763. The van der Waals surface area contributed by atoms with Gasteiger partial charge in [0.15, 0.2) is 11.5 Å². The largest absolute Gasteiger partial charge is 0.486 e. The van der Waals surface area contributed by atoms with E-state index in [1.165, 1.54) is 11.8 Å². The standard InChI is InChI=1S/C16H24N2O5S/c1-3-4-11-24(20,21)17-7-8-18(13(2)19)14-5-6-15-16(12-14)23-10-9-22-15/h5-6,12,17H,3-4,7-11H2,1-2H3. The van der Waals surface area contributed by atoms with E-state index in [0.717, 1.165) is 6.42 Å². The second-order valence-corrected chi connectivity index (χ2v) is 7.49. The molecule has 1 aromatic carbocycles. The van der Waals surface area contributed by atoms with Gasteiger partial charge in [0, 0.05) is 31.8 Å². The Morgan fingerprint density at radius 2 is 1.96 bits per heavy atom. The summed E-state index contributed by atoms with van der Waals surface area (Å²) in [7, 11) is -3.29. The Morgan fingerprint density at radius 3 is 2.62 bits per heavy atom. The summed E-state index contributed by atoms with van der Waals surface area (Å²) in [4.78, 5) is 13.4. The number of nitrogens with one attached hydrogen (secondary N) is 1. The molecular formula is C16H24N2O5S. The van der Waals surface area contributed by atoms with Crippen LogP contribution >= 0.6 is 0 Å². The fraction of sp³-hybridized carbons (Fsp3) is 0.562. The summed E-state index contributed by atoms with van der Waals surface area (Å²) in [5.74, 6) is 1.18. The van der Waals surface area contributed by atoms with Crippen molar-refractivity contribution in [3.8, 4) is 11.5 Å². The Morgan fingerprint density at radius 1 is 1.25 bits per heavy atom. The number of anilines is 1. The van der Waals surface area contributed by atoms with Gasteiger partial charge in [-0.15, -0.1) is 0 Å². The van der Waals surface area contributed by atoms with Crippen molar-refractivity contribution in [2.45, 2.75) is 26.7 Å². The summed E-state index contributed by atoms with van der Waals surface area (Å²) >= 11 is 0.